The van der Waals surface area contributed by atoms with Crippen LogP contribution in [0.2, 0.25) is 0 Å². The van der Waals surface area contributed by atoms with Gasteiger partial charge in [-0.05, 0) is 13.3 Å². The van der Waals surface area contributed by atoms with Gasteiger partial charge in [0.1, 0.15) is 35.6 Å². The number of aromatic nitrogens is 2. The Morgan fingerprint density at radius 2 is 2.02 bits per heavy atom. The van der Waals surface area contributed by atoms with Crippen LogP contribution in [0.1, 0.15) is 26.1 Å². The number of hydrogen-bond acceptors (Lipinski definition) is 10. The predicted molar refractivity (Wildman–Crippen MR) is 156 cm³/mol. The normalized spacial score (nSPS) is 25.7. The van der Waals surface area contributed by atoms with Crippen LogP contribution < -0.4 is 5.32 Å². The highest BCUT2D eigenvalue weighted by molar-refractivity contribution is 8.03. The minimum atomic E-state index is -0.879. The van der Waals surface area contributed by atoms with Crippen molar-refractivity contribution in [2.75, 3.05) is 19.8 Å². The first-order valence-corrected chi connectivity index (χ1v) is 15.3. The quantitative estimate of drug-likeness (QED) is 0.221. The Kier molecular flexibility index (Phi) is 8.76. The van der Waals surface area contributed by atoms with Gasteiger partial charge in [0.05, 0.1) is 30.8 Å². The highest BCUT2D eigenvalue weighted by atomic mass is 32.2. The maximum Gasteiger partial charge on any atom is 0.410 e. The second-order valence-corrected chi connectivity index (χ2v) is 12.6. The fourth-order valence-electron chi connectivity index (χ4n) is 5.80. The Hall–Kier alpha value is -3.62. The first-order valence-electron chi connectivity index (χ1n) is 13.6. The molecular formula is C28H33N5O7S2. The van der Waals surface area contributed by atoms with Crippen LogP contribution in [-0.4, -0.2) is 91.4 Å². The predicted octanol–water partition coefficient (Wildman–Crippen LogP) is 2.31. The van der Waals surface area contributed by atoms with Gasteiger partial charge in [-0.15, -0.1) is 23.1 Å². The van der Waals surface area contributed by atoms with Crippen LogP contribution in [0.5, 0.6) is 0 Å². The number of nitrogens with zero attached hydrogens (tertiary/aromatic N) is 4. The molecule has 2 saturated heterocycles. The lowest BCUT2D eigenvalue weighted by molar-refractivity contribution is -0.164. The number of esters is 1. The smallest absolute Gasteiger partial charge is 0.410 e. The van der Waals surface area contributed by atoms with Gasteiger partial charge < -0.3 is 24.8 Å². The minimum Gasteiger partial charge on any atom is -0.457 e. The summed E-state index contributed by atoms with van der Waals surface area (Å²) < 4.78 is 12.5. The van der Waals surface area contributed by atoms with Crippen molar-refractivity contribution >= 4 is 51.8 Å². The van der Waals surface area contributed by atoms with Gasteiger partial charge in [0.15, 0.2) is 0 Å². The van der Waals surface area contributed by atoms with Crippen LogP contribution in [0, 0.1) is 11.8 Å². The lowest BCUT2D eigenvalue weighted by atomic mass is 9.79. The van der Waals surface area contributed by atoms with Gasteiger partial charge in [-0.1, -0.05) is 32.2 Å². The molecular weight excluding hydrogens is 582 g/mol. The van der Waals surface area contributed by atoms with Crippen molar-refractivity contribution in [1.29, 1.82) is 0 Å². The van der Waals surface area contributed by atoms with Gasteiger partial charge in [0.2, 0.25) is 11.8 Å². The first kappa shape index (κ1) is 29.9. The molecule has 2 fully saturated rings. The molecule has 5 rings (SSSR count). The highest BCUT2D eigenvalue weighted by Gasteiger charge is 2.60. The standard InChI is InChI=1S/C28H33N5O7S2/c1-5-8-39-27(37)23-24(15(3)22-21(16(4)34)26(36)33(22)23)42-17-11-18(32(14-17)28(38)40-9-6-2)25(35)30-12-19-29-13-20-31(19)7-10-41-20/h5-7,10,13,15-18,21-22,34H,1-2,8-9,11-12,14H2,3-4H3,(H,30,35)/t15-,16-,17+,18+,21-,22-/m1/s1. The highest BCUT2D eigenvalue weighted by Crippen LogP contribution is 2.52. The van der Waals surface area contributed by atoms with Crippen molar-refractivity contribution in [2.45, 2.75) is 50.3 Å². The summed E-state index contributed by atoms with van der Waals surface area (Å²) in [4.78, 5) is 61.2. The van der Waals surface area contributed by atoms with E-state index in [1.165, 1.54) is 45.1 Å². The summed E-state index contributed by atoms with van der Waals surface area (Å²) in [5.41, 5.74) is 0.147. The van der Waals surface area contributed by atoms with E-state index in [0.29, 0.717) is 17.2 Å². The average Bonchev–Trinajstić information content (AvgIpc) is 3.73. The second kappa shape index (κ2) is 12.3. The summed E-state index contributed by atoms with van der Waals surface area (Å²) in [5, 5.41) is 14.8. The number of likely N-dealkylation sites (tertiary alicyclic amines) is 1. The fourth-order valence-corrected chi connectivity index (χ4v) is 8.04. The summed E-state index contributed by atoms with van der Waals surface area (Å²) in [6.07, 6.45) is 5.27. The Morgan fingerprint density at radius 1 is 1.29 bits per heavy atom. The molecule has 0 radical (unpaired) electrons. The number of carbonyl (C=O) groups is 4. The molecule has 3 aliphatic heterocycles. The third kappa shape index (κ3) is 5.34. The zero-order chi connectivity index (χ0) is 30.1. The van der Waals surface area contributed by atoms with Crippen molar-refractivity contribution < 1.29 is 33.8 Å². The van der Waals surface area contributed by atoms with Crippen LogP contribution in [0.4, 0.5) is 4.79 Å². The van der Waals surface area contributed by atoms with Crippen LogP contribution in [0.15, 0.2) is 53.7 Å². The number of carbonyl (C=O) groups excluding carboxylic acids is 4. The van der Waals surface area contributed by atoms with Gasteiger partial charge in [0.25, 0.3) is 0 Å². The van der Waals surface area contributed by atoms with Crippen molar-refractivity contribution in [3.05, 3.63) is 59.5 Å². The summed E-state index contributed by atoms with van der Waals surface area (Å²) >= 11 is 2.89. The minimum absolute atomic E-state index is 0.00728. The molecule has 5 heterocycles. The molecule has 0 saturated carbocycles. The number of thioether (sulfide) groups is 1. The molecule has 12 nitrogen and oxygen atoms in total. The van der Waals surface area contributed by atoms with E-state index in [2.05, 4.69) is 23.5 Å². The average molecular weight is 616 g/mol. The molecule has 0 aliphatic carbocycles. The molecule has 3 aliphatic rings. The number of rotatable bonds is 11. The summed E-state index contributed by atoms with van der Waals surface area (Å²) in [6, 6.07) is -1.21. The van der Waals surface area contributed by atoms with Crippen molar-refractivity contribution in [2.24, 2.45) is 11.8 Å². The van der Waals surface area contributed by atoms with E-state index < -0.39 is 30.1 Å². The van der Waals surface area contributed by atoms with E-state index in [4.69, 9.17) is 9.47 Å². The number of imidazole rings is 1. The van der Waals surface area contributed by atoms with E-state index in [-0.39, 0.29) is 61.0 Å². The number of aliphatic hydroxyl groups is 1. The van der Waals surface area contributed by atoms with Crippen molar-refractivity contribution in [3.63, 3.8) is 0 Å². The maximum absolute atomic E-state index is 13.4. The summed E-state index contributed by atoms with van der Waals surface area (Å²) in [6.45, 7) is 11.0. The van der Waals surface area contributed by atoms with Crippen LogP contribution in [-0.2, 0) is 30.4 Å². The largest absolute Gasteiger partial charge is 0.457 e. The molecule has 6 atom stereocenters. The Bertz CT molecular complexity index is 1450. The van der Waals surface area contributed by atoms with Crippen molar-refractivity contribution in [3.8, 4) is 0 Å². The number of β-lactam (4-membered cyclic amide) rings is 1. The molecule has 2 aromatic rings. The maximum atomic E-state index is 13.4. The number of fused-ring (bicyclic) bond motifs is 2. The third-order valence-corrected chi connectivity index (χ3v) is 10.0. The van der Waals surface area contributed by atoms with E-state index >= 15 is 0 Å². The Balaban J connectivity index is 1.36. The van der Waals surface area contributed by atoms with Gasteiger partial charge in [0, 0.05) is 34.2 Å². The molecule has 2 aromatic heterocycles. The summed E-state index contributed by atoms with van der Waals surface area (Å²) in [7, 11) is 0. The van der Waals surface area contributed by atoms with Crippen LogP contribution in [0.25, 0.3) is 4.83 Å². The Labute approximate surface area is 251 Å². The SMILES string of the molecule is C=CCOC(=O)C1=C(S[C@H]2C[C@@H](C(=O)NCc3ncc4sccn34)N(C(=O)OCC=C)C2)[C@H](C)[C@@H]2[C@@H]([C@@H](C)O)C(=O)N12. The van der Waals surface area contributed by atoms with Crippen LogP contribution in [0.3, 0.4) is 0 Å². The monoisotopic (exact) mass is 615 g/mol. The molecule has 0 unspecified atom stereocenters. The number of hydrogen-bond donors (Lipinski definition) is 2. The molecule has 0 spiro atoms. The number of nitrogens with one attached hydrogen (secondary N) is 1. The van der Waals surface area contributed by atoms with Crippen molar-refractivity contribution in [1.82, 2.24) is 24.5 Å². The molecule has 14 heteroatoms. The number of ether oxygens (including phenoxy) is 2. The van der Waals surface area contributed by atoms with Gasteiger partial charge in [-0.2, -0.15) is 0 Å². The number of aliphatic hydroxyl groups excluding tert-OH is 1. The lowest BCUT2D eigenvalue weighted by Crippen LogP contribution is -2.63. The molecule has 42 heavy (non-hydrogen) atoms. The van der Waals surface area contributed by atoms with Gasteiger partial charge in [-0.25, -0.2) is 14.6 Å². The molecule has 2 N–H and O–H groups in total. The topological polar surface area (TPSA) is 143 Å². The van der Waals surface area contributed by atoms with E-state index in [0.717, 1.165) is 4.83 Å². The molecule has 0 aromatic carbocycles. The molecule has 3 amide bonds. The van der Waals surface area contributed by atoms with Crippen LogP contribution >= 0.6 is 23.1 Å². The van der Waals surface area contributed by atoms with E-state index in [1.807, 2.05) is 22.9 Å². The lowest BCUT2D eigenvalue weighted by Gasteiger charge is -2.46. The molecule has 0 bridgehead atoms. The molecule has 224 valence electrons. The zero-order valence-corrected chi connectivity index (χ0v) is 24.9. The zero-order valence-electron chi connectivity index (χ0n) is 23.3. The van der Waals surface area contributed by atoms with E-state index in [1.54, 1.807) is 13.1 Å². The first-order chi connectivity index (χ1) is 20.2. The third-order valence-electron chi connectivity index (χ3n) is 7.71. The van der Waals surface area contributed by atoms with E-state index in [9.17, 15) is 24.3 Å². The van der Waals surface area contributed by atoms with Gasteiger partial charge in [-0.3, -0.25) is 18.9 Å². The Morgan fingerprint density at radius 3 is 2.74 bits per heavy atom. The number of amides is 3. The van der Waals surface area contributed by atoms with Gasteiger partial charge >= 0.3 is 12.1 Å². The second-order valence-electron chi connectivity index (χ2n) is 10.4. The summed E-state index contributed by atoms with van der Waals surface area (Å²) in [5.74, 6) is -1.57. The number of thiazole rings is 1. The fraction of sp³-hybridized carbons (Fsp3) is 0.464.